The van der Waals surface area contributed by atoms with Crippen molar-refractivity contribution in [2.24, 2.45) is 5.92 Å². The minimum atomic E-state index is -3.54. The molecule has 0 spiro atoms. The standard InChI is InChI=1S/C20H31N3O5S/c1-5-22(6-2)29(26,27)18-9-7-17(8-10-18)23-14-16(13-19(23)24)20(25)21-15(3)11-12-28-4/h7-10,15-16H,5-6,11-14H2,1-4H3,(H,21,25). The van der Waals surface area contributed by atoms with Crippen molar-refractivity contribution in [3.63, 3.8) is 0 Å². The lowest BCUT2D eigenvalue weighted by atomic mass is 10.1. The molecular weight excluding hydrogens is 394 g/mol. The number of methoxy groups -OCH3 is 1. The molecule has 0 radical (unpaired) electrons. The third-order valence-electron chi connectivity index (χ3n) is 5.13. The molecule has 0 aliphatic carbocycles. The van der Waals surface area contributed by atoms with Crippen molar-refractivity contribution in [2.45, 2.75) is 44.6 Å². The molecule has 1 aromatic rings. The normalized spacial score (nSPS) is 18.3. The van der Waals surface area contributed by atoms with Gasteiger partial charge in [0.05, 0.1) is 10.8 Å². The molecule has 1 fully saturated rings. The number of carbonyl (C=O) groups excluding carboxylic acids is 2. The first-order valence-electron chi connectivity index (χ1n) is 9.94. The highest BCUT2D eigenvalue weighted by Gasteiger charge is 2.35. The van der Waals surface area contributed by atoms with Crippen LogP contribution in [0.15, 0.2) is 29.2 Å². The molecule has 162 valence electrons. The van der Waals surface area contributed by atoms with Gasteiger partial charge in [0.15, 0.2) is 0 Å². The Kier molecular flexibility index (Phi) is 8.18. The molecule has 1 aliphatic rings. The third-order valence-corrected chi connectivity index (χ3v) is 7.20. The average Bonchev–Trinajstić information content (AvgIpc) is 3.09. The highest BCUT2D eigenvalue weighted by molar-refractivity contribution is 7.89. The van der Waals surface area contributed by atoms with E-state index in [4.69, 9.17) is 4.74 Å². The topological polar surface area (TPSA) is 96.0 Å². The Hall–Kier alpha value is -1.97. The second kappa shape index (κ2) is 10.2. The predicted octanol–water partition coefficient (Wildman–Crippen LogP) is 1.61. The maximum Gasteiger partial charge on any atom is 0.243 e. The van der Waals surface area contributed by atoms with Gasteiger partial charge in [-0.05, 0) is 37.6 Å². The SMILES string of the molecule is CCN(CC)S(=O)(=O)c1ccc(N2CC(C(=O)NC(C)CCOC)CC2=O)cc1. The summed E-state index contributed by atoms with van der Waals surface area (Å²) < 4.78 is 31.6. The Morgan fingerprint density at radius 2 is 1.90 bits per heavy atom. The Morgan fingerprint density at radius 3 is 2.45 bits per heavy atom. The van der Waals surface area contributed by atoms with Gasteiger partial charge < -0.3 is 15.0 Å². The largest absolute Gasteiger partial charge is 0.385 e. The lowest BCUT2D eigenvalue weighted by molar-refractivity contribution is -0.126. The summed E-state index contributed by atoms with van der Waals surface area (Å²) in [6, 6.07) is 6.23. The molecule has 1 heterocycles. The molecule has 0 aromatic heterocycles. The number of hydrogen-bond acceptors (Lipinski definition) is 5. The number of carbonyl (C=O) groups is 2. The minimum absolute atomic E-state index is 0.0313. The van der Waals surface area contributed by atoms with E-state index in [1.807, 2.05) is 6.92 Å². The maximum absolute atomic E-state index is 12.6. The van der Waals surface area contributed by atoms with E-state index in [-0.39, 0.29) is 35.7 Å². The van der Waals surface area contributed by atoms with Crippen molar-refractivity contribution in [3.05, 3.63) is 24.3 Å². The van der Waals surface area contributed by atoms with Gasteiger partial charge in [0.2, 0.25) is 21.8 Å². The second-order valence-corrected chi connectivity index (χ2v) is 9.12. The fraction of sp³-hybridized carbons (Fsp3) is 0.600. The molecule has 1 N–H and O–H groups in total. The summed E-state index contributed by atoms with van der Waals surface area (Å²) in [7, 11) is -1.93. The van der Waals surface area contributed by atoms with Gasteiger partial charge >= 0.3 is 0 Å². The number of nitrogens with zero attached hydrogens (tertiary/aromatic N) is 2. The maximum atomic E-state index is 12.6. The van der Waals surface area contributed by atoms with E-state index in [0.29, 0.717) is 31.8 Å². The van der Waals surface area contributed by atoms with E-state index in [1.54, 1.807) is 33.1 Å². The van der Waals surface area contributed by atoms with E-state index in [1.165, 1.54) is 21.3 Å². The van der Waals surface area contributed by atoms with Crippen LogP contribution < -0.4 is 10.2 Å². The Labute approximate surface area is 173 Å². The van der Waals surface area contributed by atoms with Crippen LogP contribution in [0, 0.1) is 5.92 Å². The van der Waals surface area contributed by atoms with E-state index in [0.717, 1.165) is 0 Å². The molecule has 2 atom stereocenters. The van der Waals surface area contributed by atoms with E-state index in [9.17, 15) is 18.0 Å². The van der Waals surface area contributed by atoms with Crippen molar-refractivity contribution in [3.8, 4) is 0 Å². The van der Waals surface area contributed by atoms with Crippen LogP contribution in [0.5, 0.6) is 0 Å². The van der Waals surface area contributed by atoms with Gasteiger partial charge in [-0.15, -0.1) is 0 Å². The fourth-order valence-corrected chi connectivity index (χ4v) is 4.83. The molecular formula is C20H31N3O5S. The molecule has 1 aromatic carbocycles. The van der Waals surface area contributed by atoms with Gasteiger partial charge in [0.1, 0.15) is 0 Å². The number of benzene rings is 1. The van der Waals surface area contributed by atoms with Crippen LogP contribution in [0.2, 0.25) is 0 Å². The van der Waals surface area contributed by atoms with Crippen molar-refractivity contribution >= 4 is 27.5 Å². The zero-order valence-electron chi connectivity index (χ0n) is 17.6. The van der Waals surface area contributed by atoms with Gasteiger partial charge in [-0.3, -0.25) is 9.59 Å². The monoisotopic (exact) mass is 425 g/mol. The summed E-state index contributed by atoms with van der Waals surface area (Å²) in [5.74, 6) is -0.717. The molecule has 1 saturated heterocycles. The zero-order valence-corrected chi connectivity index (χ0v) is 18.4. The van der Waals surface area contributed by atoms with Gasteiger partial charge in [0, 0.05) is 51.5 Å². The zero-order chi connectivity index (χ0) is 21.6. The molecule has 0 bridgehead atoms. The van der Waals surface area contributed by atoms with Gasteiger partial charge in [-0.1, -0.05) is 13.8 Å². The number of amides is 2. The second-order valence-electron chi connectivity index (χ2n) is 7.18. The third kappa shape index (κ3) is 5.55. The average molecular weight is 426 g/mol. The summed E-state index contributed by atoms with van der Waals surface area (Å²) in [6.07, 6.45) is 0.845. The molecule has 2 amide bonds. The van der Waals surface area contributed by atoms with Crippen molar-refractivity contribution in [2.75, 3.05) is 38.3 Å². The van der Waals surface area contributed by atoms with E-state index < -0.39 is 15.9 Å². The smallest absolute Gasteiger partial charge is 0.243 e. The fourth-order valence-electron chi connectivity index (χ4n) is 3.37. The summed E-state index contributed by atoms with van der Waals surface area (Å²) in [5, 5.41) is 2.92. The quantitative estimate of drug-likeness (QED) is 0.614. The molecule has 8 nitrogen and oxygen atoms in total. The highest BCUT2D eigenvalue weighted by atomic mass is 32.2. The number of hydrogen-bond donors (Lipinski definition) is 1. The molecule has 1 aliphatic heterocycles. The Bertz CT molecular complexity index is 806. The van der Waals surface area contributed by atoms with Crippen LogP contribution in [0.4, 0.5) is 5.69 Å². The van der Waals surface area contributed by atoms with Crippen LogP contribution in [0.25, 0.3) is 0 Å². The van der Waals surface area contributed by atoms with Crippen molar-refractivity contribution < 1.29 is 22.7 Å². The molecule has 2 unspecified atom stereocenters. The molecule has 29 heavy (non-hydrogen) atoms. The highest BCUT2D eigenvalue weighted by Crippen LogP contribution is 2.27. The van der Waals surface area contributed by atoms with Gasteiger partial charge in [-0.25, -0.2) is 8.42 Å². The lowest BCUT2D eigenvalue weighted by Crippen LogP contribution is -2.38. The van der Waals surface area contributed by atoms with E-state index in [2.05, 4.69) is 5.32 Å². The summed E-state index contributed by atoms with van der Waals surface area (Å²) >= 11 is 0. The number of sulfonamides is 1. The van der Waals surface area contributed by atoms with Crippen LogP contribution in [0.3, 0.4) is 0 Å². The van der Waals surface area contributed by atoms with Gasteiger partial charge in [0.25, 0.3) is 0 Å². The van der Waals surface area contributed by atoms with Crippen molar-refractivity contribution in [1.82, 2.24) is 9.62 Å². The van der Waals surface area contributed by atoms with Crippen LogP contribution in [0.1, 0.15) is 33.6 Å². The van der Waals surface area contributed by atoms with Crippen LogP contribution in [-0.2, 0) is 24.3 Å². The van der Waals surface area contributed by atoms with Crippen LogP contribution in [-0.4, -0.2) is 63.9 Å². The van der Waals surface area contributed by atoms with Crippen molar-refractivity contribution in [1.29, 1.82) is 0 Å². The summed E-state index contributed by atoms with van der Waals surface area (Å²) in [6.45, 7) is 7.11. The first-order valence-corrected chi connectivity index (χ1v) is 11.4. The first kappa shape index (κ1) is 23.3. The first-order chi connectivity index (χ1) is 13.7. The predicted molar refractivity (Wildman–Crippen MR) is 111 cm³/mol. The lowest BCUT2D eigenvalue weighted by Gasteiger charge is -2.20. The number of ether oxygens (including phenoxy) is 1. The van der Waals surface area contributed by atoms with Crippen LogP contribution >= 0.6 is 0 Å². The summed E-state index contributed by atoms with van der Waals surface area (Å²) in [5.41, 5.74) is 0.594. The minimum Gasteiger partial charge on any atom is -0.385 e. The number of rotatable bonds is 10. The number of anilines is 1. The molecule has 2 rings (SSSR count). The summed E-state index contributed by atoms with van der Waals surface area (Å²) in [4.78, 5) is 26.6. The molecule has 0 saturated carbocycles. The van der Waals surface area contributed by atoms with Gasteiger partial charge in [-0.2, -0.15) is 4.31 Å². The molecule has 9 heteroatoms. The number of nitrogens with one attached hydrogen (secondary N) is 1. The van der Waals surface area contributed by atoms with E-state index >= 15 is 0 Å². The Balaban J connectivity index is 2.06. The Morgan fingerprint density at radius 1 is 1.28 bits per heavy atom.